The molecule has 1 aliphatic heterocycles. The van der Waals surface area contributed by atoms with E-state index in [2.05, 4.69) is 138 Å². The van der Waals surface area contributed by atoms with Crippen LogP contribution in [0.25, 0.3) is 17.1 Å². The van der Waals surface area contributed by atoms with Crippen molar-refractivity contribution in [2.24, 2.45) is 0 Å². The fourth-order valence-electron chi connectivity index (χ4n) is 6.35. The summed E-state index contributed by atoms with van der Waals surface area (Å²) in [6, 6.07) is 29.4. The Morgan fingerprint density at radius 1 is 0.739 bits per heavy atom. The molecule has 0 bridgehead atoms. The van der Waals surface area contributed by atoms with Gasteiger partial charge in [0.15, 0.2) is 11.0 Å². The summed E-state index contributed by atoms with van der Waals surface area (Å²) >= 11 is 25.4. The molecule has 0 spiro atoms. The van der Waals surface area contributed by atoms with Gasteiger partial charge in [0, 0.05) is 53.8 Å². The Morgan fingerprint density at radius 2 is 1.35 bits per heavy atom. The first-order valence-electron chi connectivity index (χ1n) is 15.3. The van der Waals surface area contributed by atoms with E-state index in [9.17, 15) is 0 Å². The van der Waals surface area contributed by atoms with E-state index >= 15 is 0 Å². The Morgan fingerprint density at radius 3 is 2.00 bits per heavy atom. The molecule has 234 valence electrons. The van der Waals surface area contributed by atoms with Crippen LogP contribution in [0.15, 0.2) is 115 Å². The highest BCUT2D eigenvalue weighted by Gasteiger charge is 2.37. The van der Waals surface area contributed by atoms with Gasteiger partial charge in [-0.3, -0.25) is 0 Å². The Bertz CT molecular complexity index is 1870. The zero-order chi connectivity index (χ0) is 32.4. The second-order valence-corrected chi connectivity index (χ2v) is 13.5. The van der Waals surface area contributed by atoms with Crippen LogP contribution in [-0.2, 0) is 30.3 Å². The maximum absolute atomic E-state index is 6.61. The predicted molar refractivity (Wildman–Crippen MR) is 196 cm³/mol. The Kier molecular flexibility index (Phi) is 9.68. The maximum atomic E-state index is 6.61. The molecule has 0 saturated heterocycles. The van der Waals surface area contributed by atoms with Crippen LogP contribution >= 0.6 is 46.4 Å². The van der Waals surface area contributed by atoms with Gasteiger partial charge in [0.1, 0.15) is 13.1 Å². The van der Waals surface area contributed by atoms with Gasteiger partial charge in [-0.05, 0) is 40.0 Å². The molecule has 0 saturated carbocycles. The highest BCUT2D eigenvalue weighted by molar-refractivity contribution is 6.42. The van der Waals surface area contributed by atoms with Crippen molar-refractivity contribution < 1.29 is 4.57 Å². The van der Waals surface area contributed by atoms with Gasteiger partial charge in [0.05, 0.1) is 10.0 Å². The third-order valence-corrected chi connectivity index (χ3v) is 10.2. The quantitative estimate of drug-likeness (QED) is 0.0853. The van der Waals surface area contributed by atoms with E-state index in [4.69, 9.17) is 46.4 Å². The summed E-state index contributed by atoms with van der Waals surface area (Å²) in [6.45, 7) is 5.86. The molecule has 7 heteroatoms. The smallest absolute Gasteiger partial charge is 0.282 e. The number of aromatic nitrogens is 2. The van der Waals surface area contributed by atoms with Gasteiger partial charge >= 0.3 is 0 Å². The molecule has 0 N–H and O–H groups in total. The molecule has 6 rings (SSSR count). The second kappa shape index (κ2) is 13.7. The fourth-order valence-corrected chi connectivity index (χ4v) is 7.02. The van der Waals surface area contributed by atoms with E-state index in [1.807, 2.05) is 12.1 Å². The van der Waals surface area contributed by atoms with Crippen LogP contribution in [0.2, 0.25) is 10.0 Å². The first kappa shape index (κ1) is 32.5. The molecule has 5 aromatic rings. The number of hydrogen-bond donors (Lipinski definition) is 0. The highest BCUT2D eigenvalue weighted by Crippen LogP contribution is 2.46. The maximum Gasteiger partial charge on any atom is 0.282 e. The van der Waals surface area contributed by atoms with E-state index in [-0.39, 0.29) is 5.41 Å². The topological polar surface area (TPSA) is 12.1 Å². The molecule has 46 heavy (non-hydrogen) atoms. The first-order valence-corrected chi connectivity index (χ1v) is 17.1. The minimum Gasteiger partial charge on any atom is -0.347 e. The number of nitrogens with zero attached hydrogens (tertiary/aromatic N) is 3. The molecule has 2 heterocycles. The molecule has 0 radical (unpaired) electrons. The van der Waals surface area contributed by atoms with Gasteiger partial charge in [-0.25, -0.2) is 9.13 Å². The first-order chi connectivity index (χ1) is 22.2. The van der Waals surface area contributed by atoms with Crippen molar-refractivity contribution >= 4 is 69.2 Å². The van der Waals surface area contributed by atoms with Crippen LogP contribution in [-0.4, -0.2) is 11.6 Å². The summed E-state index contributed by atoms with van der Waals surface area (Å²) in [5, 5.41) is 1.05. The fraction of sp³-hybridized carbons (Fsp3) is 0.205. The highest BCUT2D eigenvalue weighted by atomic mass is 35.5. The van der Waals surface area contributed by atoms with E-state index in [1.54, 1.807) is 0 Å². The van der Waals surface area contributed by atoms with Crippen molar-refractivity contribution in [1.29, 1.82) is 0 Å². The van der Waals surface area contributed by atoms with Crippen LogP contribution in [0.3, 0.4) is 0 Å². The predicted octanol–water partition coefficient (Wildman–Crippen LogP) is 10.7. The van der Waals surface area contributed by atoms with E-state index < -0.39 is 0 Å². The Labute approximate surface area is 291 Å². The molecule has 1 aliphatic rings. The largest absolute Gasteiger partial charge is 0.347 e. The molecule has 0 aliphatic carbocycles. The number of hydrogen-bond acceptors (Lipinski definition) is 1. The van der Waals surface area contributed by atoms with Gasteiger partial charge in [0.25, 0.3) is 5.82 Å². The average Bonchev–Trinajstić information content (AvgIpc) is 3.43. The monoisotopic (exact) mass is 686 g/mol. The van der Waals surface area contributed by atoms with E-state index in [1.165, 1.54) is 16.9 Å². The van der Waals surface area contributed by atoms with Crippen molar-refractivity contribution in [3.8, 4) is 0 Å². The molecular formula is C39H36Cl4N3+. The molecule has 1 aromatic heterocycles. The molecule has 4 aromatic carbocycles. The van der Waals surface area contributed by atoms with Gasteiger partial charge in [-0.2, -0.15) is 0 Å². The zero-order valence-corrected chi connectivity index (χ0v) is 29.2. The standard InChI is InChI=1S/C39H36Cl4N3/c1-39(2)31-9-7-8-10-34(31)44(3)37(39)11-5-4-6-12-38-45(25-29-17-13-27(23-40)14-18-29)35-21-32(42)33(43)22-36(35)46(38)26-30-19-15-28(24-41)16-20-30/h4-22H,23-26H2,1-3H3/q+1. The zero-order valence-electron chi connectivity index (χ0n) is 26.2. The molecule has 0 amide bonds. The number of anilines is 1. The lowest BCUT2D eigenvalue weighted by Gasteiger charge is -2.23. The minimum absolute atomic E-state index is 0.0780. The van der Waals surface area contributed by atoms with Crippen LogP contribution in [0, 0.1) is 0 Å². The van der Waals surface area contributed by atoms with Gasteiger partial charge < -0.3 is 4.90 Å². The number of alkyl halides is 2. The summed E-state index contributed by atoms with van der Waals surface area (Å²) < 4.78 is 4.60. The Balaban J connectivity index is 1.42. The second-order valence-electron chi connectivity index (χ2n) is 12.2. The van der Waals surface area contributed by atoms with Crippen molar-refractivity contribution in [2.45, 2.75) is 44.1 Å². The number of allylic oxidation sites excluding steroid dienone is 5. The number of benzene rings is 4. The van der Waals surface area contributed by atoms with Crippen LogP contribution < -0.4 is 9.47 Å². The van der Waals surface area contributed by atoms with Gasteiger partial charge in [-0.15, -0.1) is 23.2 Å². The number of halogens is 4. The van der Waals surface area contributed by atoms with Crippen LogP contribution in [0.5, 0.6) is 0 Å². The minimum atomic E-state index is -0.0780. The normalized spacial score (nSPS) is 15.2. The lowest BCUT2D eigenvalue weighted by Crippen LogP contribution is -2.37. The number of fused-ring (bicyclic) bond motifs is 2. The van der Waals surface area contributed by atoms with Crippen molar-refractivity contribution in [2.75, 3.05) is 11.9 Å². The third-order valence-electron chi connectivity index (χ3n) is 8.85. The summed E-state index contributed by atoms with van der Waals surface area (Å²) in [6.07, 6.45) is 10.7. The Hall–Kier alpha value is -3.47. The van der Waals surface area contributed by atoms with Crippen LogP contribution in [0.1, 0.15) is 47.5 Å². The van der Waals surface area contributed by atoms with E-state index in [0.29, 0.717) is 34.9 Å². The summed E-state index contributed by atoms with van der Waals surface area (Å²) in [4.78, 5) is 2.29. The summed E-state index contributed by atoms with van der Waals surface area (Å²) in [5.74, 6) is 2.00. The van der Waals surface area contributed by atoms with Crippen molar-refractivity contribution in [3.05, 3.63) is 159 Å². The number of rotatable bonds is 9. The lowest BCUT2D eigenvalue weighted by molar-refractivity contribution is -0.665. The third kappa shape index (κ3) is 6.39. The molecular weight excluding hydrogens is 652 g/mol. The molecule has 0 unspecified atom stereocenters. The van der Waals surface area contributed by atoms with Gasteiger partial charge in [0.2, 0.25) is 0 Å². The average molecular weight is 689 g/mol. The number of imidazole rings is 1. The number of likely N-dealkylation sites (N-methyl/N-ethyl adjacent to an activating group) is 1. The van der Waals surface area contributed by atoms with Crippen LogP contribution in [0.4, 0.5) is 5.69 Å². The van der Waals surface area contributed by atoms with Gasteiger partial charge in [-0.1, -0.05) is 122 Å². The molecule has 3 nitrogen and oxygen atoms in total. The summed E-state index contributed by atoms with van der Waals surface area (Å²) in [5.41, 5.74) is 10.3. The van der Waals surface area contributed by atoms with Crippen molar-refractivity contribution in [3.63, 3.8) is 0 Å². The van der Waals surface area contributed by atoms with E-state index in [0.717, 1.165) is 39.1 Å². The lowest BCUT2D eigenvalue weighted by atomic mass is 9.84. The summed E-state index contributed by atoms with van der Waals surface area (Å²) in [7, 11) is 2.14. The van der Waals surface area contributed by atoms with Crippen molar-refractivity contribution in [1.82, 2.24) is 4.57 Å². The number of para-hydroxylation sites is 1. The SMILES string of the molecule is CN1/C(=C/C=C/C=C/c2n(Cc3ccc(CCl)cc3)c3cc(Cl)c(Cl)cc3[n+]2Cc2ccc(CCl)cc2)C(C)(C)c2ccccc21. The molecule has 0 atom stereocenters. The molecule has 0 fully saturated rings.